The fraction of sp³-hybridized carbons (Fsp3) is 0.407. The first-order valence-corrected chi connectivity index (χ1v) is 12.7. The number of rotatable bonds is 5. The van der Waals surface area contributed by atoms with E-state index in [1.807, 2.05) is 0 Å². The van der Waals surface area contributed by atoms with Crippen LogP contribution < -0.4 is 0 Å². The van der Waals surface area contributed by atoms with Crippen molar-refractivity contribution in [3.05, 3.63) is 70.9 Å². The van der Waals surface area contributed by atoms with Crippen LogP contribution in [-0.2, 0) is 11.3 Å². The monoisotopic (exact) mass is 564 g/mol. The summed E-state index contributed by atoms with van der Waals surface area (Å²) < 4.78 is 85.5. The van der Waals surface area contributed by atoms with Gasteiger partial charge in [-0.1, -0.05) is 18.2 Å². The highest BCUT2D eigenvalue weighted by Gasteiger charge is 2.69. The number of amides is 2. The summed E-state index contributed by atoms with van der Waals surface area (Å²) in [5.74, 6) is -3.40. The fourth-order valence-corrected chi connectivity index (χ4v) is 5.74. The van der Waals surface area contributed by atoms with Gasteiger partial charge in [-0.05, 0) is 54.7 Å². The van der Waals surface area contributed by atoms with Crippen LogP contribution in [0.15, 0.2) is 46.9 Å². The SMILES string of the molecule is O=C1c2cc(-c3nnc(C(F)F)o3)ccc2CN1[C@@H]1CCN(C(=O)C2(C(F)(F)F)CC2)C[C@H]1c1ccc(F)cc1. The Labute approximate surface area is 223 Å². The number of hydrogen-bond donors (Lipinski definition) is 0. The molecule has 1 aromatic heterocycles. The molecule has 2 aromatic carbocycles. The highest BCUT2D eigenvalue weighted by molar-refractivity contribution is 5.99. The van der Waals surface area contributed by atoms with Crippen molar-refractivity contribution in [2.75, 3.05) is 13.1 Å². The summed E-state index contributed by atoms with van der Waals surface area (Å²) in [5.41, 5.74) is -0.518. The maximum Gasteiger partial charge on any atom is 0.403 e. The molecule has 2 amide bonds. The molecule has 40 heavy (non-hydrogen) atoms. The van der Waals surface area contributed by atoms with Gasteiger partial charge in [-0.25, -0.2) is 4.39 Å². The van der Waals surface area contributed by atoms with E-state index in [0.717, 1.165) is 0 Å². The Bertz CT molecular complexity index is 1470. The zero-order chi connectivity index (χ0) is 28.4. The minimum atomic E-state index is -4.65. The van der Waals surface area contributed by atoms with Gasteiger partial charge in [-0.3, -0.25) is 9.59 Å². The first-order chi connectivity index (χ1) is 19.0. The lowest BCUT2D eigenvalue weighted by molar-refractivity contribution is -0.199. The second kappa shape index (κ2) is 9.34. The lowest BCUT2D eigenvalue weighted by Gasteiger charge is -2.44. The minimum absolute atomic E-state index is 0.0305. The number of fused-ring (bicyclic) bond motifs is 1. The van der Waals surface area contributed by atoms with Crippen LogP contribution >= 0.6 is 0 Å². The highest BCUT2D eigenvalue weighted by atomic mass is 19.4. The Morgan fingerprint density at radius 2 is 1.80 bits per heavy atom. The predicted molar refractivity (Wildman–Crippen MR) is 126 cm³/mol. The van der Waals surface area contributed by atoms with Crippen molar-refractivity contribution in [3.63, 3.8) is 0 Å². The molecule has 7 nitrogen and oxygen atoms in total. The van der Waals surface area contributed by atoms with Crippen molar-refractivity contribution in [1.82, 2.24) is 20.0 Å². The van der Waals surface area contributed by atoms with Crippen LogP contribution in [0, 0.1) is 11.2 Å². The van der Waals surface area contributed by atoms with Crippen LogP contribution in [0.3, 0.4) is 0 Å². The summed E-state index contributed by atoms with van der Waals surface area (Å²) in [7, 11) is 0. The highest BCUT2D eigenvalue weighted by Crippen LogP contribution is 2.59. The zero-order valence-electron chi connectivity index (χ0n) is 20.8. The third-order valence-corrected chi connectivity index (χ3v) is 8.08. The van der Waals surface area contributed by atoms with Crippen molar-refractivity contribution in [2.24, 2.45) is 5.41 Å². The van der Waals surface area contributed by atoms with E-state index in [-0.39, 0.29) is 56.3 Å². The quantitative estimate of drug-likeness (QED) is 0.383. The number of aromatic nitrogens is 2. The molecule has 2 aliphatic heterocycles. The molecule has 0 bridgehead atoms. The molecule has 6 rings (SSSR count). The number of likely N-dealkylation sites (tertiary alicyclic amines) is 1. The molecule has 1 saturated carbocycles. The largest absolute Gasteiger partial charge is 0.415 e. The third-order valence-electron chi connectivity index (χ3n) is 8.08. The Hall–Kier alpha value is -3.90. The van der Waals surface area contributed by atoms with Crippen LogP contribution in [0.1, 0.15) is 59.0 Å². The van der Waals surface area contributed by atoms with Gasteiger partial charge in [0.25, 0.3) is 11.8 Å². The second-order valence-electron chi connectivity index (χ2n) is 10.4. The molecule has 210 valence electrons. The standard InChI is InChI=1S/C27H22F6N4O3/c28-17-5-3-14(4-6-17)19-13-36(25(39)26(8-9-26)27(31,32)33)10-7-20(19)37-12-16-2-1-15(11-18(16)24(37)38)22-34-35-23(40-22)21(29)30/h1-6,11,19-21H,7-10,12-13H2/t19-,20+/m0/s1. The molecule has 2 atom stereocenters. The summed E-state index contributed by atoms with van der Waals surface area (Å²) in [4.78, 5) is 29.4. The molecule has 1 saturated heterocycles. The van der Waals surface area contributed by atoms with Gasteiger partial charge in [-0.15, -0.1) is 10.2 Å². The number of piperidine rings is 1. The molecule has 3 aromatic rings. The van der Waals surface area contributed by atoms with Gasteiger partial charge < -0.3 is 14.2 Å². The third kappa shape index (κ3) is 4.31. The van der Waals surface area contributed by atoms with Gasteiger partial charge in [0.1, 0.15) is 11.2 Å². The number of hydrogen-bond acceptors (Lipinski definition) is 5. The van der Waals surface area contributed by atoms with Crippen LogP contribution in [0.25, 0.3) is 11.5 Å². The van der Waals surface area contributed by atoms with Crippen molar-refractivity contribution in [2.45, 2.75) is 50.4 Å². The van der Waals surface area contributed by atoms with Crippen LogP contribution in [0.2, 0.25) is 0 Å². The summed E-state index contributed by atoms with van der Waals surface area (Å²) in [6.45, 7) is 0.170. The summed E-state index contributed by atoms with van der Waals surface area (Å²) in [6.07, 6.45) is -7.88. The lowest BCUT2D eigenvalue weighted by atomic mass is 9.84. The van der Waals surface area contributed by atoms with Gasteiger partial charge in [0, 0.05) is 42.7 Å². The van der Waals surface area contributed by atoms with Gasteiger partial charge >= 0.3 is 12.6 Å². The van der Waals surface area contributed by atoms with Crippen LogP contribution in [0.5, 0.6) is 0 Å². The van der Waals surface area contributed by atoms with Crippen molar-refractivity contribution in [3.8, 4) is 11.5 Å². The molecule has 13 heteroatoms. The first kappa shape index (κ1) is 26.3. The molecule has 3 aliphatic rings. The molecule has 3 heterocycles. The number of nitrogens with zero attached hydrogens (tertiary/aromatic N) is 4. The van der Waals surface area contributed by atoms with E-state index in [0.29, 0.717) is 16.7 Å². The number of carbonyl (C=O) groups excluding carboxylic acids is 2. The second-order valence-corrected chi connectivity index (χ2v) is 10.4. The Kier molecular flexibility index (Phi) is 6.15. The Balaban J connectivity index is 1.28. The van der Waals surface area contributed by atoms with E-state index in [9.17, 15) is 35.9 Å². The first-order valence-electron chi connectivity index (χ1n) is 12.7. The molecule has 2 fully saturated rings. The van der Waals surface area contributed by atoms with Crippen molar-refractivity contribution in [1.29, 1.82) is 0 Å². The van der Waals surface area contributed by atoms with Crippen LogP contribution in [0.4, 0.5) is 26.3 Å². The van der Waals surface area contributed by atoms with Gasteiger partial charge in [0.05, 0.1) is 0 Å². The average molecular weight is 564 g/mol. The maximum atomic E-state index is 13.7. The number of alkyl halides is 5. The number of benzene rings is 2. The van der Waals surface area contributed by atoms with E-state index in [4.69, 9.17) is 4.42 Å². The molecule has 0 unspecified atom stereocenters. The number of carbonyl (C=O) groups is 2. The molecule has 0 spiro atoms. The van der Waals surface area contributed by atoms with Gasteiger partial charge in [0.15, 0.2) is 0 Å². The maximum absolute atomic E-state index is 13.7. The molecular formula is C27H22F6N4O3. The van der Waals surface area contributed by atoms with Crippen LogP contribution in [-0.4, -0.2) is 57.1 Å². The van der Waals surface area contributed by atoms with Gasteiger partial charge in [0.2, 0.25) is 11.8 Å². The normalized spacial score (nSPS) is 22.1. The van der Waals surface area contributed by atoms with E-state index in [1.165, 1.54) is 35.2 Å². The van der Waals surface area contributed by atoms with E-state index >= 15 is 0 Å². The fourth-order valence-electron chi connectivity index (χ4n) is 5.74. The predicted octanol–water partition coefficient (Wildman–Crippen LogP) is 5.50. The van der Waals surface area contributed by atoms with Crippen molar-refractivity contribution >= 4 is 11.8 Å². The summed E-state index contributed by atoms with van der Waals surface area (Å²) in [6, 6.07) is 9.70. The van der Waals surface area contributed by atoms with Gasteiger partial charge in [-0.2, -0.15) is 22.0 Å². The Morgan fingerprint density at radius 3 is 2.42 bits per heavy atom. The zero-order valence-corrected chi connectivity index (χ0v) is 20.8. The Morgan fingerprint density at radius 1 is 1.07 bits per heavy atom. The minimum Gasteiger partial charge on any atom is -0.415 e. The van der Waals surface area contributed by atoms with Crippen molar-refractivity contribution < 1.29 is 40.3 Å². The van der Waals surface area contributed by atoms with E-state index in [2.05, 4.69) is 10.2 Å². The summed E-state index contributed by atoms with van der Waals surface area (Å²) in [5, 5.41) is 6.93. The van der Waals surface area contributed by atoms with E-state index in [1.54, 1.807) is 17.0 Å². The molecular weight excluding hydrogens is 542 g/mol. The molecule has 0 radical (unpaired) electrons. The molecule has 0 N–H and O–H groups in total. The molecule has 1 aliphatic carbocycles. The van der Waals surface area contributed by atoms with E-state index < -0.39 is 47.6 Å². The topological polar surface area (TPSA) is 79.5 Å². The average Bonchev–Trinajstić information content (AvgIpc) is 3.50. The number of halogens is 6. The lowest BCUT2D eigenvalue weighted by Crippen LogP contribution is -2.54. The summed E-state index contributed by atoms with van der Waals surface area (Å²) >= 11 is 0. The smallest absolute Gasteiger partial charge is 0.403 e.